The Bertz CT molecular complexity index is 1530. The van der Waals surface area contributed by atoms with Crippen molar-refractivity contribution in [2.75, 3.05) is 20.3 Å². The summed E-state index contributed by atoms with van der Waals surface area (Å²) >= 11 is 0. The van der Waals surface area contributed by atoms with Crippen LogP contribution in [0.5, 0.6) is 5.75 Å². The van der Waals surface area contributed by atoms with E-state index in [1.54, 1.807) is 27.0 Å². The number of hydrogen-bond acceptors (Lipinski definition) is 8. The van der Waals surface area contributed by atoms with Crippen LogP contribution in [0.3, 0.4) is 0 Å². The van der Waals surface area contributed by atoms with Crippen LogP contribution < -0.4 is 4.74 Å². The fraction of sp³-hybridized carbons (Fsp3) is 0.562. The number of rotatable bonds is 5. The molecule has 1 aromatic heterocycles. The molecule has 0 radical (unpaired) electrons. The van der Waals surface area contributed by atoms with Crippen molar-refractivity contribution in [3.8, 4) is 5.75 Å². The lowest BCUT2D eigenvalue weighted by Crippen LogP contribution is -2.76. The summed E-state index contributed by atoms with van der Waals surface area (Å²) in [6.45, 7) is 11.5. The Morgan fingerprint density at radius 1 is 1.16 bits per heavy atom. The van der Waals surface area contributed by atoms with E-state index in [0.717, 1.165) is 11.1 Å². The topological polar surface area (TPSA) is 123 Å². The molecule has 6 rings (SSSR count). The number of benzene rings is 1. The summed E-state index contributed by atoms with van der Waals surface area (Å²) in [7, 11) is 1.57. The van der Waals surface area contributed by atoms with Gasteiger partial charge in [-0.3, -0.25) is 14.5 Å². The molecule has 4 aliphatic heterocycles. The molecule has 2 amide bonds. The molecule has 2 saturated heterocycles. The minimum absolute atomic E-state index is 0.0893. The number of aliphatic hydroxyl groups excluding tert-OH is 1. The average molecular weight is 596 g/mol. The maximum Gasteiger partial charge on any atom is 0.279 e. The Kier molecular flexibility index (Phi) is 7.25. The highest BCUT2D eigenvalue weighted by Crippen LogP contribution is 2.56. The maximum atomic E-state index is 14.4. The van der Waals surface area contributed by atoms with E-state index in [-0.39, 0.29) is 6.61 Å². The molecule has 0 aliphatic carbocycles. The van der Waals surface area contributed by atoms with Gasteiger partial charge < -0.3 is 29.2 Å². The van der Waals surface area contributed by atoms with Gasteiger partial charge in [-0.2, -0.15) is 0 Å². The van der Waals surface area contributed by atoms with E-state index in [0.29, 0.717) is 47.3 Å². The molecule has 2 fully saturated rings. The highest BCUT2D eigenvalue weighted by molar-refractivity contribution is 6.02. The van der Waals surface area contributed by atoms with Gasteiger partial charge in [0.25, 0.3) is 11.6 Å². The molecule has 11 heteroatoms. The molecule has 2 aromatic rings. The lowest BCUT2D eigenvalue weighted by molar-refractivity contribution is -0.406. The SMILES string of the molecule is COc1ccc2c3c4n(c2c1)[C@@H](C=C(C)C)OOC(C)(C)[C@H](O)[C@@H]4N1C(=O)[C@@H]2CCCN2C(=O)[C@]1(O)[C@H]3OCC=C(C)C. The van der Waals surface area contributed by atoms with E-state index in [2.05, 4.69) is 0 Å². The number of ether oxygens (including phenoxy) is 2. The third-order valence-corrected chi connectivity index (χ3v) is 9.05. The molecule has 0 bridgehead atoms. The summed E-state index contributed by atoms with van der Waals surface area (Å²) < 4.78 is 13.9. The third kappa shape index (κ3) is 4.35. The molecule has 6 atom stereocenters. The van der Waals surface area contributed by atoms with Crippen LogP contribution in [0.15, 0.2) is 41.5 Å². The number of aliphatic hydroxyl groups is 2. The zero-order valence-corrected chi connectivity index (χ0v) is 25.8. The first-order valence-corrected chi connectivity index (χ1v) is 14.8. The summed E-state index contributed by atoms with van der Waals surface area (Å²) in [4.78, 5) is 43.4. The lowest BCUT2D eigenvalue weighted by Gasteiger charge is -2.57. The molecule has 43 heavy (non-hydrogen) atoms. The van der Waals surface area contributed by atoms with Crippen molar-refractivity contribution in [3.05, 3.63) is 52.8 Å². The fourth-order valence-electron chi connectivity index (χ4n) is 6.97. The molecule has 5 heterocycles. The monoisotopic (exact) mass is 595 g/mol. The molecule has 0 saturated carbocycles. The number of amides is 2. The molecule has 2 N–H and O–H groups in total. The van der Waals surface area contributed by atoms with Crippen LogP contribution in [0.25, 0.3) is 10.9 Å². The largest absolute Gasteiger partial charge is 0.497 e. The van der Waals surface area contributed by atoms with E-state index >= 15 is 0 Å². The first-order chi connectivity index (χ1) is 20.3. The van der Waals surface area contributed by atoms with Crippen molar-refractivity contribution in [2.45, 2.75) is 96.2 Å². The number of hydrogen-bond donors (Lipinski definition) is 2. The minimum atomic E-state index is -2.42. The molecular formula is C32H41N3O8. The number of aromatic nitrogens is 1. The predicted molar refractivity (Wildman–Crippen MR) is 157 cm³/mol. The van der Waals surface area contributed by atoms with Crippen LogP contribution >= 0.6 is 0 Å². The second-order valence-electron chi connectivity index (χ2n) is 12.9. The number of methoxy groups -OCH3 is 1. The number of allylic oxidation sites excluding steroid dienone is 2. The van der Waals surface area contributed by atoms with Crippen LogP contribution in [0.4, 0.5) is 0 Å². The molecule has 11 nitrogen and oxygen atoms in total. The quantitative estimate of drug-likeness (QED) is 0.395. The Morgan fingerprint density at radius 3 is 2.58 bits per heavy atom. The van der Waals surface area contributed by atoms with Crippen molar-refractivity contribution in [2.24, 2.45) is 0 Å². The summed E-state index contributed by atoms with van der Waals surface area (Å²) in [6.07, 6.45) is 1.35. The van der Waals surface area contributed by atoms with Gasteiger partial charge in [-0.05, 0) is 72.6 Å². The van der Waals surface area contributed by atoms with Crippen LogP contribution in [-0.4, -0.2) is 80.1 Å². The number of fused-ring (bicyclic) bond motifs is 6. The summed E-state index contributed by atoms with van der Waals surface area (Å²) in [5.74, 6) is -0.473. The minimum Gasteiger partial charge on any atom is -0.497 e. The summed E-state index contributed by atoms with van der Waals surface area (Å²) in [6, 6.07) is 3.56. The van der Waals surface area contributed by atoms with Gasteiger partial charge in [-0.1, -0.05) is 17.2 Å². The van der Waals surface area contributed by atoms with Crippen LogP contribution in [0.1, 0.15) is 84.0 Å². The lowest BCUT2D eigenvalue weighted by atomic mass is 9.78. The first kappa shape index (κ1) is 29.8. The van der Waals surface area contributed by atoms with Crippen LogP contribution in [-0.2, 0) is 24.1 Å². The van der Waals surface area contributed by atoms with Crippen LogP contribution in [0.2, 0.25) is 0 Å². The van der Waals surface area contributed by atoms with Gasteiger partial charge in [0.15, 0.2) is 6.23 Å². The van der Waals surface area contributed by atoms with Crippen molar-refractivity contribution < 1.29 is 39.1 Å². The standard InChI is InChI=1S/C32H41N3O8/c1-17(2)12-14-41-28-24-20-11-10-19(40-7)16-22(20)34-23(15-18(3)4)42-43-31(5,6)27(36)26(25(24)34)35-29(37)21-9-8-13-33(21)30(38)32(28,35)39/h10-12,15-16,21,23,26-28,36,39H,8-9,13-14H2,1-7H3/t21-,23+,26+,27+,28-,32+/m0/s1. The highest BCUT2D eigenvalue weighted by atomic mass is 17.2. The highest BCUT2D eigenvalue weighted by Gasteiger charge is 2.69. The molecule has 0 spiro atoms. The van der Waals surface area contributed by atoms with Crippen molar-refractivity contribution in [1.29, 1.82) is 0 Å². The van der Waals surface area contributed by atoms with E-state index in [1.165, 1.54) is 9.80 Å². The summed E-state index contributed by atoms with van der Waals surface area (Å²) in [5.41, 5.74) is -0.167. The fourth-order valence-corrected chi connectivity index (χ4v) is 6.97. The predicted octanol–water partition coefficient (Wildman–Crippen LogP) is 3.82. The van der Waals surface area contributed by atoms with Gasteiger partial charge in [0.05, 0.1) is 24.9 Å². The van der Waals surface area contributed by atoms with Gasteiger partial charge in [0.1, 0.15) is 35.6 Å². The van der Waals surface area contributed by atoms with Crippen molar-refractivity contribution in [3.63, 3.8) is 0 Å². The Hall–Kier alpha value is -3.22. The third-order valence-electron chi connectivity index (χ3n) is 9.05. The molecule has 1 aromatic carbocycles. The molecule has 4 aliphatic rings. The second kappa shape index (κ2) is 10.4. The Morgan fingerprint density at radius 2 is 1.91 bits per heavy atom. The number of nitrogens with zero attached hydrogens (tertiary/aromatic N) is 3. The number of carbonyl (C=O) groups excluding carboxylic acids is 2. The van der Waals surface area contributed by atoms with Gasteiger partial charge in [0.2, 0.25) is 5.91 Å². The zero-order valence-electron chi connectivity index (χ0n) is 25.8. The average Bonchev–Trinajstić information content (AvgIpc) is 3.57. The molecule has 0 unspecified atom stereocenters. The maximum absolute atomic E-state index is 14.4. The molecule has 232 valence electrons. The van der Waals surface area contributed by atoms with Crippen molar-refractivity contribution in [1.82, 2.24) is 14.4 Å². The van der Waals surface area contributed by atoms with Gasteiger partial charge in [-0.15, -0.1) is 0 Å². The normalized spacial score (nSPS) is 31.1. The Labute approximate surface area is 251 Å². The van der Waals surface area contributed by atoms with Gasteiger partial charge >= 0.3 is 0 Å². The number of piperazine rings is 1. The summed E-state index contributed by atoms with van der Waals surface area (Å²) in [5, 5.41) is 25.5. The smallest absolute Gasteiger partial charge is 0.279 e. The van der Waals surface area contributed by atoms with E-state index in [9.17, 15) is 19.8 Å². The van der Waals surface area contributed by atoms with Gasteiger partial charge in [0, 0.05) is 23.6 Å². The Balaban J connectivity index is 1.75. The van der Waals surface area contributed by atoms with E-state index in [4.69, 9.17) is 19.2 Å². The van der Waals surface area contributed by atoms with Gasteiger partial charge in [-0.25, -0.2) is 9.78 Å². The zero-order chi connectivity index (χ0) is 31.0. The first-order valence-electron chi connectivity index (χ1n) is 14.8. The van der Waals surface area contributed by atoms with E-state index < -0.39 is 53.7 Å². The van der Waals surface area contributed by atoms with E-state index in [1.807, 2.05) is 56.5 Å². The number of carbonyl (C=O) groups is 2. The molecular weight excluding hydrogens is 554 g/mol. The van der Waals surface area contributed by atoms with Crippen molar-refractivity contribution >= 4 is 22.7 Å². The van der Waals surface area contributed by atoms with Crippen LogP contribution in [0, 0.1) is 0 Å². The second-order valence-corrected chi connectivity index (χ2v) is 12.9.